The van der Waals surface area contributed by atoms with Gasteiger partial charge in [0.1, 0.15) is 16.6 Å². The number of ether oxygens (including phenoxy) is 1. The van der Waals surface area contributed by atoms with Gasteiger partial charge in [0, 0.05) is 16.7 Å². The Morgan fingerprint density at radius 2 is 1.78 bits per heavy atom. The number of hydrogen-bond acceptors (Lipinski definition) is 8. The molecule has 192 valence electrons. The fourth-order valence-electron chi connectivity index (χ4n) is 3.95. The van der Waals surface area contributed by atoms with Crippen molar-refractivity contribution in [3.8, 4) is 11.1 Å². The lowest BCUT2D eigenvalue weighted by atomic mass is 10.0. The first-order chi connectivity index (χ1) is 18.0. The molecule has 2 aromatic carbocycles. The van der Waals surface area contributed by atoms with Gasteiger partial charge in [0.2, 0.25) is 11.9 Å². The predicted molar refractivity (Wildman–Crippen MR) is 149 cm³/mol. The van der Waals surface area contributed by atoms with Gasteiger partial charge in [-0.2, -0.15) is 0 Å². The van der Waals surface area contributed by atoms with E-state index in [0.717, 1.165) is 17.7 Å². The lowest BCUT2D eigenvalue weighted by Crippen LogP contribution is -2.27. The molecule has 1 atom stereocenters. The number of aryl methyl sites for hydroxylation is 1. The number of anilines is 2. The van der Waals surface area contributed by atoms with Crippen LogP contribution in [-0.4, -0.2) is 39.0 Å². The van der Waals surface area contributed by atoms with Crippen LogP contribution in [0, 0.1) is 0 Å². The van der Waals surface area contributed by atoms with Crippen LogP contribution in [0.1, 0.15) is 42.2 Å². The SMILES string of the molecule is CCOC(=O)c1c(-c2ccccc2)csc1NC(=O)C(CC)n1c(N)nnc1SCCc1ccccc1. The minimum atomic E-state index is -0.647. The van der Waals surface area contributed by atoms with E-state index < -0.39 is 12.0 Å². The molecule has 0 bridgehead atoms. The van der Waals surface area contributed by atoms with E-state index in [-0.39, 0.29) is 18.5 Å². The molecule has 0 saturated carbocycles. The number of benzene rings is 2. The molecule has 0 radical (unpaired) electrons. The Kier molecular flexibility index (Phi) is 8.97. The maximum atomic E-state index is 13.5. The molecule has 2 heterocycles. The molecule has 0 aliphatic heterocycles. The van der Waals surface area contributed by atoms with Gasteiger partial charge in [0.05, 0.1) is 6.61 Å². The monoisotopic (exact) mass is 535 g/mol. The molecule has 10 heteroatoms. The number of nitrogens with zero attached hydrogens (tertiary/aromatic N) is 3. The summed E-state index contributed by atoms with van der Waals surface area (Å²) in [6.07, 6.45) is 1.31. The number of rotatable bonds is 11. The number of esters is 1. The number of amides is 1. The molecule has 3 N–H and O–H groups in total. The number of nitrogens with one attached hydrogen (secondary N) is 1. The molecular formula is C27H29N5O3S2. The Bertz CT molecular complexity index is 1340. The van der Waals surface area contributed by atoms with E-state index in [1.165, 1.54) is 28.7 Å². The highest BCUT2D eigenvalue weighted by Gasteiger charge is 2.28. The van der Waals surface area contributed by atoms with Gasteiger partial charge in [-0.3, -0.25) is 9.36 Å². The van der Waals surface area contributed by atoms with E-state index in [4.69, 9.17) is 10.5 Å². The number of carbonyl (C=O) groups is 2. The first-order valence-corrected chi connectivity index (χ1v) is 13.9. The summed E-state index contributed by atoms with van der Waals surface area (Å²) in [5, 5.41) is 14.1. The molecule has 37 heavy (non-hydrogen) atoms. The lowest BCUT2D eigenvalue weighted by molar-refractivity contribution is -0.119. The number of hydrogen-bond donors (Lipinski definition) is 2. The number of nitrogen functional groups attached to an aromatic ring is 1. The van der Waals surface area contributed by atoms with Crippen LogP contribution >= 0.6 is 23.1 Å². The number of aromatic nitrogens is 3. The van der Waals surface area contributed by atoms with E-state index in [1.54, 1.807) is 11.5 Å². The van der Waals surface area contributed by atoms with Crippen LogP contribution in [0.3, 0.4) is 0 Å². The summed E-state index contributed by atoms with van der Waals surface area (Å²) in [6.45, 7) is 3.89. The van der Waals surface area contributed by atoms with Crippen molar-refractivity contribution in [2.45, 2.75) is 37.9 Å². The van der Waals surface area contributed by atoms with Gasteiger partial charge in [-0.05, 0) is 30.9 Å². The van der Waals surface area contributed by atoms with Crippen molar-refractivity contribution in [1.29, 1.82) is 0 Å². The van der Waals surface area contributed by atoms with Crippen LogP contribution in [0.4, 0.5) is 10.9 Å². The van der Waals surface area contributed by atoms with Crippen molar-refractivity contribution in [1.82, 2.24) is 14.8 Å². The van der Waals surface area contributed by atoms with E-state index in [9.17, 15) is 9.59 Å². The van der Waals surface area contributed by atoms with Gasteiger partial charge in [0.25, 0.3) is 0 Å². The van der Waals surface area contributed by atoms with Crippen LogP contribution in [0.25, 0.3) is 11.1 Å². The molecule has 0 fully saturated rings. The predicted octanol–water partition coefficient (Wildman–Crippen LogP) is 5.69. The summed E-state index contributed by atoms with van der Waals surface area (Å²) < 4.78 is 6.98. The van der Waals surface area contributed by atoms with Gasteiger partial charge in [-0.15, -0.1) is 21.5 Å². The molecule has 0 aliphatic rings. The van der Waals surface area contributed by atoms with Crippen LogP contribution in [0.15, 0.2) is 71.2 Å². The summed E-state index contributed by atoms with van der Waals surface area (Å²) in [6, 6.07) is 19.1. The maximum absolute atomic E-state index is 13.5. The fourth-order valence-corrected chi connectivity index (χ4v) is 5.89. The quantitative estimate of drug-likeness (QED) is 0.187. The summed E-state index contributed by atoms with van der Waals surface area (Å²) in [5.41, 5.74) is 9.30. The zero-order valence-electron chi connectivity index (χ0n) is 20.7. The molecule has 1 unspecified atom stereocenters. The summed E-state index contributed by atoms with van der Waals surface area (Å²) in [5.74, 6) is 0.155. The molecule has 8 nitrogen and oxygen atoms in total. The minimum Gasteiger partial charge on any atom is -0.462 e. The van der Waals surface area contributed by atoms with Crippen molar-refractivity contribution < 1.29 is 14.3 Å². The maximum Gasteiger partial charge on any atom is 0.341 e. The molecule has 0 saturated heterocycles. The molecule has 0 aliphatic carbocycles. The van der Waals surface area contributed by atoms with E-state index in [2.05, 4.69) is 27.6 Å². The van der Waals surface area contributed by atoms with Crippen LogP contribution < -0.4 is 11.1 Å². The van der Waals surface area contributed by atoms with E-state index >= 15 is 0 Å². The van der Waals surface area contributed by atoms with Crippen LogP contribution in [-0.2, 0) is 16.0 Å². The number of thioether (sulfide) groups is 1. The Labute approximate surface area is 224 Å². The number of nitrogens with two attached hydrogens (primary N) is 1. The van der Waals surface area contributed by atoms with Crippen LogP contribution in [0.5, 0.6) is 0 Å². The standard InChI is InChI=1S/C27H29N5O3S2/c1-3-21(32-26(28)30-31-27(32)36-16-15-18-11-7-5-8-12-18)23(33)29-24-22(25(34)35-4-2)20(17-37-24)19-13-9-6-10-14-19/h5-14,17,21H,3-4,15-16H2,1-2H3,(H2,28,30)(H,29,33). The van der Waals surface area contributed by atoms with Crippen molar-refractivity contribution in [2.24, 2.45) is 0 Å². The first-order valence-electron chi connectivity index (χ1n) is 12.0. The van der Waals surface area contributed by atoms with Crippen molar-refractivity contribution in [3.63, 3.8) is 0 Å². The largest absolute Gasteiger partial charge is 0.462 e. The molecular weight excluding hydrogens is 506 g/mol. The van der Waals surface area contributed by atoms with Crippen molar-refractivity contribution in [2.75, 3.05) is 23.4 Å². The van der Waals surface area contributed by atoms with Gasteiger partial charge in [-0.1, -0.05) is 79.3 Å². The van der Waals surface area contributed by atoms with Gasteiger partial charge in [0.15, 0.2) is 5.16 Å². The molecule has 1 amide bonds. The Hall–Kier alpha value is -3.63. The molecule has 4 rings (SSSR count). The zero-order valence-corrected chi connectivity index (χ0v) is 22.3. The Morgan fingerprint density at radius 1 is 1.08 bits per heavy atom. The van der Waals surface area contributed by atoms with E-state index in [1.807, 2.05) is 60.8 Å². The smallest absolute Gasteiger partial charge is 0.341 e. The third-order valence-corrected chi connectivity index (χ3v) is 7.59. The third-order valence-electron chi connectivity index (χ3n) is 5.75. The van der Waals surface area contributed by atoms with Gasteiger partial charge < -0.3 is 15.8 Å². The van der Waals surface area contributed by atoms with Crippen molar-refractivity contribution >= 4 is 45.9 Å². The van der Waals surface area contributed by atoms with Crippen LogP contribution in [0.2, 0.25) is 0 Å². The second-order valence-electron chi connectivity index (χ2n) is 8.15. The molecule has 2 aromatic heterocycles. The second-order valence-corrected chi connectivity index (χ2v) is 10.1. The minimum absolute atomic E-state index is 0.172. The third kappa shape index (κ3) is 6.20. The van der Waals surface area contributed by atoms with Gasteiger partial charge >= 0.3 is 5.97 Å². The normalized spacial score (nSPS) is 11.7. The topological polar surface area (TPSA) is 112 Å². The summed E-state index contributed by atoms with van der Waals surface area (Å²) in [7, 11) is 0. The highest BCUT2D eigenvalue weighted by atomic mass is 32.2. The second kappa shape index (κ2) is 12.6. The molecule has 0 spiro atoms. The van der Waals surface area contributed by atoms with Crippen molar-refractivity contribution in [3.05, 3.63) is 77.2 Å². The number of carbonyl (C=O) groups excluding carboxylic acids is 2. The number of thiophene rings is 1. The fraction of sp³-hybridized carbons (Fsp3) is 0.259. The van der Waals surface area contributed by atoms with Gasteiger partial charge in [-0.25, -0.2) is 4.79 Å². The molecule has 4 aromatic rings. The lowest BCUT2D eigenvalue weighted by Gasteiger charge is -2.19. The Morgan fingerprint density at radius 3 is 2.46 bits per heavy atom. The summed E-state index contributed by atoms with van der Waals surface area (Å²) in [4.78, 5) is 26.4. The highest BCUT2D eigenvalue weighted by molar-refractivity contribution is 7.99. The average molecular weight is 536 g/mol. The average Bonchev–Trinajstić information content (AvgIpc) is 3.49. The zero-order chi connectivity index (χ0) is 26.2. The Balaban J connectivity index is 1.56. The van der Waals surface area contributed by atoms with E-state index in [0.29, 0.717) is 27.7 Å². The summed E-state index contributed by atoms with van der Waals surface area (Å²) >= 11 is 2.79. The first kappa shape index (κ1) is 26.4. The highest BCUT2D eigenvalue weighted by Crippen LogP contribution is 2.37.